The van der Waals surface area contributed by atoms with Crippen molar-refractivity contribution in [3.05, 3.63) is 48.7 Å². The van der Waals surface area contributed by atoms with Crippen molar-refractivity contribution in [2.45, 2.75) is 31.5 Å². The molecule has 0 saturated carbocycles. The molecule has 0 N–H and O–H groups in total. The summed E-state index contributed by atoms with van der Waals surface area (Å²) in [6.07, 6.45) is 8.61. The fourth-order valence-electron chi connectivity index (χ4n) is 3.57. The van der Waals surface area contributed by atoms with E-state index in [0.717, 1.165) is 25.2 Å². The third-order valence-corrected chi connectivity index (χ3v) is 4.50. The molecule has 0 spiro atoms. The standard InChI is InChI=1S/C16H17N3O2/c20-16-8-15-14(19(16)13-2-1-5-17-9-13)3-6-18(15)10-12-4-7-21-11-12/h1-2,4-5,7,9,11,14-15H,3,6,8,10H2/t14-,15-/m1/s1. The summed E-state index contributed by atoms with van der Waals surface area (Å²) in [5, 5.41) is 0. The van der Waals surface area contributed by atoms with Crippen molar-refractivity contribution >= 4 is 11.6 Å². The maximum Gasteiger partial charge on any atom is 0.229 e. The van der Waals surface area contributed by atoms with Crippen LogP contribution in [0.2, 0.25) is 0 Å². The molecule has 2 aromatic rings. The van der Waals surface area contributed by atoms with E-state index in [9.17, 15) is 4.79 Å². The van der Waals surface area contributed by atoms with Gasteiger partial charge in [-0.1, -0.05) is 0 Å². The highest BCUT2D eigenvalue weighted by molar-refractivity contribution is 5.97. The van der Waals surface area contributed by atoms with E-state index in [-0.39, 0.29) is 11.9 Å². The number of nitrogens with zero attached hydrogens (tertiary/aromatic N) is 3. The van der Waals surface area contributed by atoms with E-state index in [4.69, 9.17) is 4.42 Å². The summed E-state index contributed by atoms with van der Waals surface area (Å²) in [4.78, 5) is 20.9. The van der Waals surface area contributed by atoms with Crippen molar-refractivity contribution < 1.29 is 9.21 Å². The summed E-state index contributed by atoms with van der Waals surface area (Å²) in [5.41, 5.74) is 2.09. The van der Waals surface area contributed by atoms with Gasteiger partial charge in [-0.25, -0.2) is 0 Å². The van der Waals surface area contributed by atoms with Crippen LogP contribution in [0.5, 0.6) is 0 Å². The van der Waals surface area contributed by atoms with E-state index in [0.29, 0.717) is 12.5 Å². The minimum absolute atomic E-state index is 0.204. The highest BCUT2D eigenvalue weighted by Gasteiger charge is 2.47. The molecule has 0 radical (unpaired) electrons. The van der Waals surface area contributed by atoms with Gasteiger partial charge in [0.15, 0.2) is 0 Å². The molecule has 5 heteroatoms. The quantitative estimate of drug-likeness (QED) is 0.865. The Kier molecular flexibility index (Phi) is 3.00. The number of furan rings is 1. The number of rotatable bonds is 3. The summed E-state index contributed by atoms with van der Waals surface area (Å²) >= 11 is 0. The molecular weight excluding hydrogens is 266 g/mol. The van der Waals surface area contributed by atoms with Crippen LogP contribution in [0.25, 0.3) is 0 Å². The lowest BCUT2D eigenvalue weighted by molar-refractivity contribution is -0.117. The van der Waals surface area contributed by atoms with Crippen molar-refractivity contribution in [3.8, 4) is 0 Å². The second-order valence-electron chi connectivity index (χ2n) is 5.70. The second-order valence-corrected chi connectivity index (χ2v) is 5.70. The summed E-state index contributed by atoms with van der Waals surface area (Å²) < 4.78 is 5.14. The smallest absolute Gasteiger partial charge is 0.229 e. The van der Waals surface area contributed by atoms with Gasteiger partial charge in [-0.05, 0) is 24.6 Å². The molecule has 0 bridgehead atoms. The minimum Gasteiger partial charge on any atom is -0.472 e. The van der Waals surface area contributed by atoms with E-state index in [1.807, 2.05) is 23.1 Å². The molecule has 2 fully saturated rings. The molecule has 2 aromatic heterocycles. The Morgan fingerprint density at radius 3 is 3.05 bits per heavy atom. The molecule has 2 aliphatic rings. The van der Waals surface area contributed by atoms with Gasteiger partial charge in [0.2, 0.25) is 5.91 Å². The third kappa shape index (κ3) is 2.14. The Balaban J connectivity index is 1.55. The molecular formula is C16H17N3O2. The van der Waals surface area contributed by atoms with Gasteiger partial charge in [-0.3, -0.25) is 14.7 Å². The molecule has 5 nitrogen and oxygen atoms in total. The fourth-order valence-corrected chi connectivity index (χ4v) is 3.57. The van der Waals surface area contributed by atoms with Crippen molar-refractivity contribution in [1.29, 1.82) is 0 Å². The zero-order valence-electron chi connectivity index (χ0n) is 11.7. The SMILES string of the molecule is O=C1C[C@@H]2[C@@H](CCN2Cc2ccoc2)N1c1cccnc1. The molecule has 2 aliphatic heterocycles. The van der Waals surface area contributed by atoms with Crippen LogP contribution in [0.15, 0.2) is 47.5 Å². The Hall–Kier alpha value is -2.14. The van der Waals surface area contributed by atoms with Crippen LogP contribution in [0, 0.1) is 0 Å². The summed E-state index contributed by atoms with van der Waals surface area (Å²) in [7, 11) is 0. The van der Waals surface area contributed by atoms with E-state index in [1.54, 1.807) is 24.9 Å². The van der Waals surface area contributed by atoms with E-state index < -0.39 is 0 Å². The monoisotopic (exact) mass is 283 g/mol. The first-order valence-electron chi connectivity index (χ1n) is 7.30. The molecule has 0 unspecified atom stereocenters. The van der Waals surface area contributed by atoms with E-state index >= 15 is 0 Å². The molecule has 4 rings (SSSR count). The number of hydrogen-bond acceptors (Lipinski definition) is 4. The largest absolute Gasteiger partial charge is 0.472 e. The van der Waals surface area contributed by atoms with Crippen LogP contribution in [0.3, 0.4) is 0 Å². The average Bonchev–Trinajstić information content (AvgIpc) is 3.19. The Morgan fingerprint density at radius 2 is 2.29 bits per heavy atom. The molecule has 2 saturated heterocycles. The first-order valence-corrected chi connectivity index (χ1v) is 7.30. The maximum atomic E-state index is 12.4. The van der Waals surface area contributed by atoms with Gasteiger partial charge in [-0.15, -0.1) is 0 Å². The maximum absolute atomic E-state index is 12.4. The van der Waals surface area contributed by atoms with Crippen LogP contribution in [-0.2, 0) is 11.3 Å². The lowest BCUT2D eigenvalue weighted by atomic mass is 10.1. The first-order chi connectivity index (χ1) is 10.3. The summed E-state index contributed by atoms with van der Waals surface area (Å²) in [5.74, 6) is 0.204. The Bertz CT molecular complexity index is 626. The molecule has 4 heterocycles. The minimum atomic E-state index is 0.204. The number of aromatic nitrogens is 1. The topological polar surface area (TPSA) is 49.6 Å². The molecule has 2 atom stereocenters. The zero-order chi connectivity index (χ0) is 14.2. The van der Waals surface area contributed by atoms with Gasteiger partial charge < -0.3 is 9.32 Å². The Morgan fingerprint density at radius 1 is 1.33 bits per heavy atom. The Labute approximate surface area is 123 Å². The number of carbonyl (C=O) groups excluding carboxylic acids is 1. The lowest BCUT2D eigenvalue weighted by Crippen LogP contribution is -2.37. The fraction of sp³-hybridized carbons (Fsp3) is 0.375. The van der Waals surface area contributed by atoms with Crippen LogP contribution >= 0.6 is 0 Å². The van der Waals surface area contributed by atoms with E-state index in [1.165, 1.54) is 5.56 Å². The van der Waals surface area contributed by atoms with Crippen LogP contribution < -0.4 is 4.90 Å². The van der Waals surface area contributed by atoms with Gasteiger partial charge in [0.1, 0.15) is 0 Å². The average molecular weight is 283 g/mol. The van der Waals surface area contributed by atoms with Gasteiger partial charge in [0.05, 0.1) is 30.5 Å². The van der Waals surface area contributed by atoms with Crippen LogP contribution in [0.4, 0.5) is 5.69 Å². The summed E-state index contributed by atoms with van der Waals surface area (Å²) in [6, 6.07) is 6.41. The van der Waals surface area contributed by atoms with Crippen LogP contribution in [0.1, 0.15) is 18.4 Å². The highest BCUT2D eigenvalue weighted by Crippen LogP contribution is 2.36. The molecule has 0 aromatic carbocycles. The van der Waals surface area contributed by atoms with Gasteiger partial charge in [-0.2, -0.15) is 0 Å². The van der Waals surface area contributed by atoms with Gasteiger partial charge in [0.25, 0.3) is 0 Å². The number of amides is 1. The molecule has 108 valence electrons. The number of fused-ring (bicyclic) bond motifs is 1. The second kappa shape index (κ2) is 5.00. The van der Waals surface area contributed by atoms with Crippen molar-refractivity contribution in [2.24, 2.45) is 0 Å². The van der Waals surface area contributed by atoms with Gasteiger partial charge in [0, 0.05) is 37.3 Å². The molecule has 21 heavy (non-hydrogen) atoms. The number of hydrogen-bond donors (Lipinski definition) is 0. The highest BCUT2D eigenvalue weighted by atomic mass is 16.3. The third-order valence-electron chi connectivity index (χ3n) is 4.50. The lowest BCUT2D eigenvalue weighted by Gasteiger charge is -2.25. The van der Waals surface area contributed by atoms with Crippen molar-refractivity contribution in [1.82, 2.24) is 9.88 Å². The first kappa shape index (κ1) is 12.6. The summed E-state index contributed by atoms with van der Waals surface area (Å²) in [6.45, 7) is 1.87. The predicted molar refractivity (Wildman–Crippen MR) is 77.7 cm³/mol. The number of pyridine rings is 1. The number of likely N-dealkylation sites (tertiary alicyclic amines) is 1. The molecule has 1 amide bonds. The zero-order valence-corrected chi connectivity index (χ0v) is 11.7. The predicted octanol–water partition coefficient (Wildman–Crippen LogP) is 2.05. The van der Waals surface area contributed by atoms with Crippen molar-refractivity contribution in [2.75, 3.05) is 11.4 Å². The van der Waals surface area contributed by atoms with Gasteiger partial charge >= 0.3 is 0 Å². The van der Waals surface area contributed by atoms with E-state index in [2.05, 4.69) is 9.88 Å². The number of anilines is 1. The normalized spacial score (nSPS) is 25.5. The molecule has 0 aliphatic carbocycles. The van der Waals surface area contributed by atoms with Crippen molar-refractivity contribution in [3.63, 3.8) is 0 Å². The number of carbonyl (C=O) groups is 1. The van der Waals surface area contributed by atoms with Crippen LogP contribution in [-0.4, -0.2) is 34.4 Å².